The number of ether oxygens (including phenoxy) is 1. The molecule has 0 spiro atoms. The summed E-state index contributed by atoms with van der Waals surface area (Å²) in [5, 5.41) is 0.274. The first-order chi connectivity index (χ1) is 9.63. The van der Waals surface area contributed by atoms with Crippen LogP contribution >= 0.6 is 11.8 Å². The van der Waals surface area contributed by atoms with Gasteiger partial charge in [0.25, 0.3) is 0 Å². The van der Waals surface area contributed by atoms with Crippen LogP contribution in [0.4, 0.5) is 0 Å². The molecule has 0 saturated carbocycles. The van der Waals surface area contributed by atoms with Gasteiger partial charge in [0, 0.05) is 17.4 Å². The van der Waals surface area contributed by atoms with E-state index in [1.54, 1.807) is 36.0 Å². The highest BCUT2D eigenvalue weighted by Crippen LogP contribution is 2.33. The van der Waals surface area contributed by atoms with Crippen molar-refractivity contribution in [2.24, 2.45) is 0 Å². The Kier molecular flexibility index (Phi) is 3.89. The van der Waals surface area contributed by atoms with E-state index in [1.165, 1.54) is 0 Å². The molecule has 0 bridgehead atoms. The predicted molar refractivity (Wildman–Crippen MR) is 82.1 cm³/mol. The molecule has 3 nitrogen and oxygen atoms in total. The third-order valence-corrected chi connectivity index (χ3v) is 6.20. The van der Waals surface area contributed by atoms with Gasteiger partial charge in [-0.05, 0) is 24.3 Å². The lowest BCUT2D eigenvalue weighted by Crippen LogP contribution is -2.15. The molecule has 5 heteroatoms. The largest absolute Gasteiger partial charge is 0.486 e. The number of rotatable bonds is 5. The average Bonchev–Trinajstić information content (AvgIpc) is 3.23. The Morgan fingerprint density at radius 3 is 2.85 bits per heavy atom. The maximum absolute atomic E-state index is 12.2. The van der Waals surface area contributed by atoms with E-state index in [9.17, 15) is 8.42 Å². The van der Waals surface area contributed by atoms with Crippen LogP contribution in [0.1, 0.15) is 6.42 Å². The Labute approximate surface area is 123 Å². The molecule has 106 valence electrons. The minimum Gasteiger partial charge on any atom is -0.486 e. The molecule has 20 heavy (non-hydrogen) atoms. The molecule has 0 amide bonds. The number of hydrogen-bond donors (Lipinski definition) is 0. The molecule has 3 rings (SSSR count). The van der Waals surface area contributed by atoms with Crippen molar-refractivity contribution >= 4 is 21.6 Å². The fourth-order valence-electron chi connectivity index (χ4n) is 2.07. The molecule has 1 fully saturated rings. The topological polar surface area (TPSA) is 43.4 Å². The van der Waals surface area contributed by atoms with Crippen molar-refractivity contribution in [1.29, 1.82) is 0 Å². The summed E-state index contributed by atoms with van der Waals surface area (Å²) in [6.07, 6.45) is 8.73. The van der Waals surface area contributed by atoms with Crippen LogP contribution in [0.5, 0.6) is 5.75 Å². The number of thioether (sulfide) groups is 1. The fraction of sp³-hybridized carbons (Fsp3) is 0.333. The monoisotopic (exact) mass is 308 g/mol. The van der Waals surface area contributed by atoms with Gasteiger partial charge >= 0.3 is 0 Å². The molecule has 1 aromatic carbocycles. The number of hydrogen-bond acceptors (Lipinski definition) is 4. The normalized spacial score (nSPS) is 24.6. The molecular formula is C15H16O3S2. The lowest BCUT2D eigenvalue weighted by Gasteiger charge is -2.16. The van der Waals surface area contributed by atoms with Gasteiger partial charge in [0.1, 0.15) is 11.9 Å². The van der Waals surface area contributed by atoms with Gasteiger partial charge in [0.05, 0.1) is 10.6 Å². The second-order valence-corrected chi connectivity index (χ2v) is 8.28. The summed E-state index contributed by atoms with van der Waals surface area (Å²) in [6.45, 7) is 0. The highest BCUT2D eigenvalue weighted by molar-refractivity contribution is 8.08. The zero-order valence-electron chi connectivity index (χ0n) is 10.9. The highest BCUT2D eigenvalue weighted by Gasteiger charge is 2.30. The van der Waals surface area contributed by atoms with Gasteiger partial charge in [-0.25, -0.2) is 8.42 Å². The Balaban J connectivity index is 1.75. The second kappa shape index (κ2) is 5.66. The van der Waals surface area contributed by atoms with Crippen LogP contribution in [0.25, 0.3) is 0 Å². The van der Waals surface area contributed by atoms with Crippen molar-refractivity contribution in [1.82, 2.24) is 0 Å². The maximum atomic E-state index is 12.2. The molecule has 2 atom stereocenters. The van der Waals surface area contributed by atoms with Crippen molar-refractivity contribution in [2.75, 3.05) is 11.5 Å². The zero-order chi connectivity index (χ0) is 14.0. The lowest BCUT2D eigenvalue weighted by atomic mass is 10.1. The molecule has 1 aliphatic heterocycles. The minimum atomic E-state index is -3.19. The van der Waals surface area contributed by atoms with Crippen LogP contribution in [0.15, 0.2) is 53.5 Å². The summed E-state index contributed by atoms with van der Waals surface area (Å²) < 4.78 is 30.3. The van der Waals surface area contributed by atoms with Gasteiger partial charge in [0.15, 0.2) is 9.84 Å². The molecule has 0 radical (unpaired) electrons. The van der Waals surface area contributed by atoms with Gasteiger partial charge in [-0.15, -0.1) is 0 Å². The van der Waals surface area contributed by atoms with Crippen LogP contribution in [0.3, 0.4) is 0 Å². The third-order valence-electron chi connectivity index (χ3n) is 3.20. The van der Waals surface area contributed by atoms with Crippen LogP contribution in [-0.2, 0) is 9.84 Å². The lowest BCUT2D eigenvalue weighted by molar-refractivity contribution is 0.251. The van der Waals surface area contributed by atoms with E-state index in [0.717, 1.165) is 12.2 Å². The zero-order valence-corrected chi connectivity index (χ0v) is 12.6. The first-order valence-corrected chi connectivity index (χ1v) is 9.28. The van der Waals surface area contributed by atoms with Crippen molar-refractivity contribution < 1.29 is 13.2 Å². The van der Waals surface area contributed by atoms with E-state index >= 15 is 0 Å². The van der Waals surface area contributed by atoms with Crippen LogP contribution in [0.2, 0.25) is 0 Å². The van der Waals surface area contributed by atoms with E-state index in [2.05, 4.69) is 0 Å². The quantitative estimate of drug-likeness (QED) is 0.785. The SMILES string of the molecule is O=S(=O)(CC1CS1)c1cccc(OC2C=CC=CC2)c1. The standard InChI is InChI=1S/C15H16O3S2/c16-20(17,11-14-10-19-14)15-8-4-7-13(9-15)18-12-5-2-1-3-6-12/h1-5,7-9,12,14H,6,10-11H2. The number of allylic oxidation sites excluding steroid dienone is 2. The smallest absolute Gasteiger partial charge is 0.179 e. The molecule has 1 aliphatic carbocycles. The van der Waals surface area contributed by atoms with E-state index in [-0.39, 0.29) is 17.1 Å². The second-order valence-electron chi connectivity index (χ2n) is 4.92. The molecule has 1 saturated heterocycles. The third kappa shape index (κ3) is 3.46. The molecule has 2 aliphatic rings. The summed E-state index contributed by atoms with van der Waals surface area (Å²) in [7, 11) is -3.19. The first kappa shape index (κ1) is 13.8. The van der Waals surface area contributed by atoms with E-state index < -0.39 is 9.84 Å². The van der Waals surface area contributed by atoms with Gasteiger partial charge in [-0.2, -0.15) is 11.8 Å². The molecular weight excluding hydrogens is 292 g/mol. The number of sulfone groups is 1. The first-order valence-electron chi connectivity index (χ1n) is 6.58. The maximum Gasteiger partial charge on any atom is 0.179 e. The predicted octanol–water partition coefficient (Wildman–Crippen LogP) is 2.84. The fourth-order valence-corrected chi connectivity index (χ4v) is 4.77. The van der Waals surface area contributed by atoms with E-state index in [0.29, 0.717) is 10.6 Å². The minimum absolute atomic E-state index is 0.0167. The average molecular weight is 308 g/mol. The van der Waals surface area contributed by atoms with Crippen molar-refractivity contribution in [3.63, 3.8) is 0 Å². The summed E-state index contributed by atoms with van der Waals surface area (Å²) in [5.74, 6) is 1.79. The molecule has 2 unspecified atom stereocenters. The van der Waals surface area contributed by atoms with Crippen molar-refractivity contribution in [2.45, 2.75) is 22.7 Å². The molecule has 1 heterocycles. The van der Waals surface area contributed by atoms with Gasteiger partial charge < -0.3 is 4.74 Å². The molecule has 1 aromatic rings. The summed E-state index contributed by atoms with van der Waals surface area (Å²) in [6, 6.07) is 6.82. The van der Waals surface area contributed by atoms with Gasteiger partial charge in [-0.1, -0.05) is 24.3 Å². The van der Waals surface area contributed by atoms with Crippen LogP contribution in [0, 0.1) is 0 Å². The Bertz CT molecular complexity index is 643. The van der Waals surface area contributed by atoms with Crippen LogP contribution in [-0.4, -0.2) is 31.3 Å². The summed E-state index contributed by atoms with van der Waals surface area (Å²) in [4.78, 5) is 0.359. The Hall–Kier alpha value is -1.20. The van der Waals surface area contributed by atoms with Gasteiger partial charge in [-0.3, -0.25) is 0 Å². The Morgan fingerprint density at radius 2 is 2.15 bits per heavy atom. The molecule has 0 N–H and O–H groups in total. The summed E-state index contributed by atoms with van der Waals surface area (Å²) >= 11 is 1.70. The van der Waals surface area contributed by atoms with Crippen LogP contribution < -0.4 is 4.74 Å². The molecule has 0 aromatic heterocycles. The Morgan fingerprint density at radius 1 is 1.30 bits per heavy atom. The highest BCUT2D eigenvalue weighted by atomic mass is 32.2. The van der Waals surface area contributed by atoms with Gasteiger partial charge in [0.2, 0.25) is 0 Å². The van der Waals surface area contributed by atoms with E-state index in [4.69, 9.17) is 4.74 Å². The van der Waals surface area contributed by atoms with Crippen molar-refractivity contribution in [3.8, 4) is 5.75 Å². The summed E-state index contributed by atoms with van der Waals surface area (Å²) in [5.41, 5.74) is 0. The number of benzene rings is 1. The van der Waals surface area contributed by atoms with E-state index in [1.807, 2.05) is 24.3 Å². The van der Waals surface area contributed by atoms with Crippen molar-refractivity contribution in [3.05, 3.63) is 48.6 Å².